The second-order valence-corrected chi connectivity index (χ2v) is 5.59. The molecule has 0 unspecified atom stereocenters. The molecule has 0 atom stereocenters. The quantitative estimate of drug-likeness (QED) is 0.850. The Bertz CT molecular complexity index is 375. The van der Waals surface area contributed by atoms with Gasteiger partial charge in [0.1, 0.15) is 10.4 Å². The zero-order valence-electron chi connectivity index (χ0n) is 9.50. The highest BCUT2D eigenvalue weighted by Crippen LogP contribution is 2.34. The standard InChI is InChI=1S/C12H17BrN2O/c1-12(4-6-16-7-5-12)8-9-2-3-10(13)15-11(9)14/h2-3H,4-8H2,1H3,(H2,14,15). The first-order valence-corrected chi connectivity index (χ1v) is 6.37. The van der Waals surface area contributed by atoms with Gasteiger partial charge in [0.25, 0.3) is 0 Å². The smallest absolute Gasteiger partial charge is 0.127 e. The van der Waals surface area contributed by atoms with Gasteiger partial charge in [-0.1, -0.05) is 13.0 Å². The molecule has 1 aliphatic heterocycles. The van der Waals surface area contributed by atoms with Gasteiger partial charge < -0.3 is 10.5 Å². The molecule has 2 heterocycles. The van der Waals surface area contributed by atoms with Crippen molar-refractivity contribution in [3.63, 3.8) is 0 Å². The summed E-state index contributed by atoms with van der Waals surface area (Å²) in [4.78, 5) is 4.23. The molecule has 1 aliphatic rings. The van der Waals surface area contributed by atoms with Gasteiger partial charge in [-0.05, 0) is 52.2 Å². The molecule has 0 aliphatic carbocycles. The number of nitrogens with zero attached hydrogens (tertiary/aromatic N) is 1. The maximum Gasteiger partial charge on any atom is 0.127 e. The van der Waals surface area contributed by atoms with Crippen LogP contribution in [0.25, 0.3) is 0 Å². The Kier molecular flexibility index (Phi) is 3.50. The zero-order chi connectivity index (χ0) is 11.6. The zero-order valence-corrected chi connectivity index (χ0v) is 11.1. The van der Waals surface area contributed by atoms with E-state index < -0.39 is 0 Å². The van der Waals surface area contributed by atoms with Crippen molar-refractivity contribution in [3.05, 3.63) is 22.3 Å². The van der Waals surface area contributed by atoms with Gasteiger partial charge in [-0.3, -0.25) is 0 Å². The fraction of sp³-hybridized carbons (Fsp3) is 0.583. The molecule has 2 rings (SSSR count). The summed E-state index contributed by atoms with van der Waals surface area (Å²) in [7, 11) is 0. The molecule has 1 fully saturated rings. The SMILES string of the molecule is CC1(Cc2ccc(Br)nc2N)CCOCC1. The number of hydrogen-bond donors (Lipinski definition) is 1. The molecular weight excluding hydrogens is 268 g/mol. The Morgan fingerprint density at radius 2 is 2.12 bits per heavy atom. The normalized spacial score (nSPS) is 19.6. The summed E-state index contributed by atoms with van der Waals surface area (Å²) in [5, 5.41) is 0. The van der Waals surface area contributed by atoms with E-state index in [-0.39, 0.29) is 0 Å². The number of anilines is 1. The van der Waals surface area contributed by atoms with E-state index in [1.54, 1.807) is 0 Å². The van der Waals surface area contributed by atoms with Crippen molar-refractivity contribution >= 4 is 21.7 Å². The van der Waals surface area contributed by atoms with Gasteiger partial charge in [0.15, 0.2) is 0 Å². The fourth-order valence-electron chi connectivity index (χ4n) is 2.13. The van der Waals surface area contributed by atoms with Crippen LogP contribution in [0.1, 0.15) is 25.3 Å². The van der Waals surface area contributed by atoms with Crippen molar-refractivity contribution in [2.45, 2.75) is 26.2 Å². The summed E-state index contributed by atoms with van der Waals surface area (Å²) < 4.78 is 6.19. The third-order valence-corrected chi connectivity index (χ3v) is 3.74. The first-order chi connectivity index (χ1) is 7.59. The van der Waals surface area contributed by atoms with E-state index in [1.807, 2.05) is 6.07 Å². The van der Waals surface area contributed by atoms with Crippen LogP contribution in [0.5, 0.6) is 0 Å². The van der Waals surface area contributed by atoms with Crippen LogP contribution in [-0.2, 0) is 11.2 Å². The fourth-order valence-corrected chi connectivity index (χ4v) is 2.45. The minimum atomic E-state index is 0.307. The van der Waals surface area contributed by atoms with Crippen molar-refractivity contribution in [2.24, 2.45) is 5.41 Å². The van der Waals surface area contributed by atoms with Gasteiger partial charge in [0.2, 0.25) is 0 Å². The van der Waals surface area contributed by atoms with E-state index in [2.05, 4.69) is 33.9 Å². The molecule has 0 aromatic carbocycles. The van der Waals surface area contributed by atoms with Gasteiger partial charge in [0, 0.05) is 13.2 Å². The van der Waals surface area contributed by atoms with Crippen LogP contribution in [0.2, 0.25) is 0 Å². The maximum atomic E-state index is 5.93. The van der Waals surface area contributed by atoms with Gasteiger partial charge in [0.05, 0.1) is 0 Å². The highest BCUT2D eigenvalue weighted by Gasteiger charge is 2.28. The van der Waals surface area contributed by atoms with E-state index >= 15 is 0 Å². The minimum absolute atomic E-state index is 0.307. The van der Waals surface area contributed by atoms with Crippen molar-refractivity contribution < 1.29 is 4.74 Å². The van der Waals surface area contributed by atoms with E-state index in [4.69, 9.17) is 10.5 Å². The number of nitrogens with two attached hydrogens (primary N) is 1. The minimum Gasteiger partial charge on any atom is -0.383 e. The summed E-state index contributed by atoms with van der Waals surface area (Å²) in [5.74, 6) is 0.641. The summed E-state index contributed by atoms with van der Waals surface area (Å²) in [6.07, 6.45) is 3.19. The average molecular weight is 285 g/mol. The number of rotatable bonds is 2. The van der Waals surface area contributed by atoms with Crippen LogP contribution < -0.4 is 5.73 Å². The predicted molar refractivity (Wildman–Crippen MR) is 68.2 cm³/mol. The van der Waals surface area contributed by atoms with Crippen LogP contribution in [0.4, 0.5) is 5.82 Å². The lowest BCUT2D eigenvalue weighted by atomic mass is 9.77. The first-order valence-electron chi connectivity index (χ1n) is 5.58. The van der Waals surface area contributed by atoms with Gasteiger partial charge in [-0.25, -0.2) is 4.98 Å². The van der Waals surface area contributed by atoms with Crippen molar-refractivity contribution in [1.82, 2.24) is 4.98 Å². The monoisotopic (exact) mass is 284 g/mol. The number of hydrogen-bond acceptors (Lipinski definition) is 3. The molecule has 88 valence electrons. The first kappa shape index (κ1) is 11.9. The van der Waals surface area contributed by atoms with Crippen LogP contribution in [0.3, 0.4) is 0 Å². The molecule has 0 radical (unpaired) electrons. The topological polar surface area (TPSA) is 48.1 Å². The summed E-state index contributed by atoms with van der Waals surface area (Å²) in [5.41, 5.74) is 7.38. The van der Waals surface area contributed by atoms with E-state index in [9.17, 15) is 0 Å². The largest absolute Gasteiger partial charge is 0.383 e. The molecule has 0 amide bonds. The number of ether oxygens (including phenoxy) is 1. The Morgan fingerprint density at radius 3 is 2.75 bits per heavy atom. The lowest BCUT2D eigenvalue weighted by Crippen LogP contribution is -2.29. The number of nitrogen functional groups attached to an aromatic ring is 1. The number of pyridine rings is 1. The Labute approximate surface area is 105 Å². The highest BCUT2D eigenvalue weighted by atomic mass is 79.9. The van der Waals surface area contributed by atoms with Crippen LogP contribution >= 0.6 is 15.9 Å². The molecule has 0 bridgehead atoms. The molecule has 2 N–H and O–H groups in total. The third-order valence-electron chi connectivity index (χ3n) is 3.30. The summed E-state index contributed by atoms with van der Waals surface area (Å²) in [6, 6.07) is 4.02. The molecule has 0 spiro atoms. The summed E-state index contributed by atoms with van der Waals surface area (Å²) >= 11 is 3.32. The lowest BCUT2D eigenvalue weighted by Gasteiger charge is -2.33. The van der Waals surface area contributed by atoms with Crippen molar-refractivity contribution in [3.8, 4) is 0 Å². The Balaban J connectivity index is 2.13. The lowest BCUT2D eigenvalue weighted by molar-refractivity contribution is 0.0241. The Morgan fingerprint density at radius 1 is 1.44 bits per heavy atom. The highest BCUT2D eigenvalue weighted by molar-refractivity contribution is 9.10. The van der Waals surface area contributed by atoms with Crippen molar-refractivity contribution in [1.29, 1.82) is 0 Å². The Hall–Kier alpha value is -0.610. The van der Waals surface area contributed by atoms with Crippen LogP contribution in [0.15, 0.2) is 16.7 Å². The second kappa shape index (κ2) is 4.72. The predicted octanol–water partition coefficient (Wildman–Crippen LogP) is 2.79. The molecule has 3 nitrogen and oxygen atoms in total. The molecule has 4 heteroatoms. The van der Waals surface area contributed by atoms with Gasteiger partial charge >= 0.3 is 0 Å². The van der Waals surface area contributed by atoms with E-state index in [0.717, 1.165) is 42.6 Å². The molecule has 1 aromatic rings. The van der Waals surface area contributed by atoms with E-state index in [0.29, 0.717) is 11.2 Å². The molecule has 0 saturated carbocycles. The molecular formula is C12H17BrN2O. The maximum absolute atomic E-state index is 5.93. The summed E-state index contributed by atoms with van der Waals surface area (Å²) in [6.45, 7) is 4.03. The molecule has 16 heavy (non-hydrogen) atoms. The van der Waals surface area contributed by atoms with Crippen LogP contribution in [-0.4, -0.2) is 18.2 Å². The van der Waals surface area contributed by atoms with Crippen LogP contribution in [0, 0.1) is 5.41 Å². The van der Waals surface area contributed by atoms with Crippen molar-refractivity contribution in [2.75, 3.05) is 18.9 Å². The number of aromatic nitrogens is 1. The van der Waals surface area contributed by atoms with Gasteiger partial charge in [-0.15, -0.1) is 0 Å². The molecule has 1 aromatic heterocycles. The average Bonchev–Trinajstić information content (AvgIpc) is 2.23. The second-order valence-electron chi connectivity index (χ2n) is 4.78. The third kappa shape index (κ3) is 2.74. The number of halogens is 1. The van der Waals surface area contributed by atoms with Gasteiger partial charge in [-0.2, -0.15) is 0 Å². The molecule has 1 saturated heterocycles. The van der Waals surface area contributed by atoms with E-state index in [1.165, 1.54) is 0 Å².